The van der Waals surface area contributed by atoms with Crippen molar-refractivity contribution in [3.05, 3.63) is 29.6 Å². The Labute approximate surface area is 93.8 Å². The Balaban J connectivity index is 2.64. The van der Waals surface area contributed by atoms with Gasteiger partial charge in [-0.1, -0.05) is 0 Å². The van der Waals surface area contributed by atoms with Crippen LogP contribution in [0, 0.1) is 17.5 Å². The molecule has 1 aromatic carbocycles. The molecule has 0 saturated carbocycles. The molecule has 0 spiro atoms. The lowest BCUT2D eigenvalue weighted by Gasteiger charge is -2.06. The molecule has 1 aromatic rings. The highest BCUT2D eigenvalue weighted by atomic mass is 19.2. The van der Waals surface area contributed by atoms with Gasteiger partial charge in [-0.15, -0.1) is 0 Å². The Morgan fingerprint density at radius 1 is 1.18 bits per heavy atom. The third-order valence-corrected chi connectivity index (χ3v) is 1.70. The van der Waals surface area contributed by atoms with E-state index in [9.17, 15) is 22.8 Å². The first-order chi connectivity index (χ1) is 7.90. The SMILES string of the molecule is NC(=O)NC(=O)CNc1cc(F)c(F)c(F)c1. The number of nitrogens with two attached hydrogens (primary N) is 1. The maximum Gasteiger partial charge on any atom is 0.318 e. The van der Waals surface area contributed by atoms with E-state index in [2.05, 4.69) is 11.1 Å². The van der Waals surface area contributed by atoms with Gasteiger partial charge in [-0.05, 0) is 0 Å². The van der Waals surface area contributed by atoms with E-state index < -0.39 is 35.9 Å². The number of imide groups is 1. The molecule has 5 nitrogen and oxygen atoms in total. The van der Waals surface area contributed by atoms with Crippen LogP contribution in [0.15, 0.2) is 12.1 Å². The van der Waals surface area contributed by atoms with Crippen LogP contribution in [0.2, 0.25) is 0 Å². The Morgan fingerprint density at radius 3 is 2.18 bits per heavy atom. The van der Waals surface area contributed by atoms with Crippen LogP contribution in [0.5, 0.6) is 0 Å². The fourth-order valence-corrected chi connectivity index (χ4v) is 1.02. The van der Waals surface area contributed by atoms with Crippen LogP contribution in [0.3, 0.4) is 0 Å². The second kappa shape index (κ2) is 5.19. The number of halogens is 3. The molecule has 0 fully saturated rings. The van der Waals surface area contributed by atoms with Crippen LogP contribution in [0.4, 0.5) is 23.7 Å². The molecule has 1 rings (SSSR count). The van der Waals surface area contributed by atoms with Crippen molar-refractivity contribution in [2.24, 2.45) is 5.73 Å². The molecule has 0 unspecified atom stereocenters. The smallest absolute Gasteiger partial charge is 0.318 e. The topological polar surface area (TPSA) is 84.2 Å². The van der Waals surface area contributed by atoms with Gasteiger partial charge < -0.3 is 11.1 Å². The number of hydrogen-bond acceptors (Lipinski definition) is 3. The molecule has 0 aliphatic carbocycles. The standard InChI is InChI=1S/C9H8F3N3O2/c10-5-1-4(2-6(11)8(5)12)14-3-7(16)15-9(13)17/h1-2,14H,3H2,(H3,13,15,16,17). The highest BCUT2D eigenvalue weighted by Crippen LogP contribution is 2.16. The zero-order valence-corrected chi connectivity index (χ0v) is 8.39. The lowest BCUT2D eigenvalue weighted by Crippen LogP contribution is -2.38. The molecular formula is C9H8F3N3O2. The molecule has 0 saturated heterocycles. The van der Waals surface area contributed by atoms with E-state index >= 15 is 0 Å². The molecule has 92 valence electrons. The van der Waals surface area contributed by atoms with Crippen molar-refractivity contribution < 1.29 is 22.8 Å². The molecule has 4 N–H and O–H groups in total. The number of urea groups is 1. The second-order valence-corrected chi connectivity index (χ2v) is 3.02. The second-order valence-electron chi connectivity index (χ2n) is 3.02. The fourth-order valence-electron chi connectivity index (χ4n) is 1.02. The number of hydrogen-bond donors (Lipinski definition) is 3. The minimum Gasteiger partial charge on any atom is -0.376 e. The molecular weight excluding hydrogens is 239 g/mol. The quantitative estimate of drug-likeness (QED) is 0.688. The van der Waals surface area contributed by atoms with Gasteiger partial charge in [-0.3, -0.25) is 10.1 Å². The molecule has 0 radical (unpaired) electrons. The van der Waals surface area contributed by atoms with Crippen molar-refractivity contribution in [1.29, 1.82) is 0 Å². The molecule has 0 aromatic heterocycles. The monoisotopic (exact) mass is 247 g/mol. The highest BCUT2D eigenvalue weighted by molar-refractivity contribution is 5.95. The molecule has 0 bridgehead atoms. The van der Waals surface area contributed by atoms with Crippen molar-refractivity contribution >= 4 is 17.6 Å². The maximum absolute atomic E-state index is 12.7. The van der Waals surface area contributed by atoms with Crippen LogP contribution in [-0.4, -0.2) is 18.5 Å². The molecule has 3 amide bonds. The summed E-state index contributed by atoms with van der Waals surface area (Å²) >= 11 is 0. The van der Waals surface area contributed by atoms with Gasteiger partial charge in [0.05, 0.1) is 6.54 Å². The summed E-state index contributed by atoms with van der Waals surface area (Å²) in [6.07, 6.45) is 0. The lowest BCUT2D eigenvalue weighted by atomic mass is 10.3. The molecule has 0 atom stereocenters. The zero-order chi connectivity index (χ0) is 13.0. The summed E-state index contributed by atoms with van der Waals surface area (Å²) in [5, 5.41) is 4.02. The third-order valence-electron chi connectivity index (χ3n) is 1.70. The van der Waals surface area contributed by atoms with Crippen LogP contribution in [0.25, 0.3) is 0 Å². The Kier molecular flexibility index (Phi) is 3.91. The molecule has 17 heavy (non-hydrogen) atoms. The van der Waals surface area contributed by atoms with Gasteiger partial charge in [0.1, 0.15) is 0 Å². The van der Waals surface area contributed by atoms with Crippen molar-refractivity contribution in [1.82, 2.24) is 5.32 Å². The summed E-state index contributed by atoms with van der Waals surface area (Å²) in [7, 11) is 0. The molecule has 8 heteroatoms. The number of rotatable bonds is 3. The number of anilines is 1. The highest BCUT2D eigenvalue weighted by Gasteiger charge is 2.11. The Morgan fingerprint density at radius 2 is 1.71 bits per heavy atom. The number of carbonyl (C=O) groups excluding carboxylic acids is 2. The van der Waals surface area contributed by atoms with Crippen LogP contribution in [-0.2, 0) is 4.79 Å². The minimum absolute atomic E-state index is 0.138. The van der Waals surface area contributed by atoms with Crippen molar-refractivity contribution in [2.45, 2.75) is 0 Å². The predicted molar refractivity (Wildman–Crippen MR) is 52.5 cm³/mol. The predicted octanol–water partition coefficient (Wildman–Crippen LogP) is 0.711. The first kappa shape index (κ1) is 12.8. The van der Waals surface area contributed by atoms with Gasteiger partial charge in [0.25, 0.3) is 0 Å². The van der Waals surface area contributed by atoms with E-state index in [0.29, 0.717) is 12.1 Å². The van der Waals surface area contributed by atoms with Crippen molar-refractivity contribution in [2.75, 3.05) is 11.9 Å². The molecule has 0 aliphatic rings. The van der Waals surface area contributed by atoms with Gasteiger partial charge >= 0.3 is 6.03 Å². The van der Waals surface area contributed by atoms with Gasteiger partial charge in [0, 0.05) is 17.8 Å². The van der Waals surface area contributed by atoms with Gasteiger partial charge in [-0.2, -0.15) is 0 Å². The summed E-state index contributed by atoms with van der Waals surface area (Å²) < 4.78 is 38.1. The average Bonchev–Trinajstić information content (AvgIpc) is 2.22. The van der Waals surface area contributed by atoms with Gasteiger partial charge in [0.2, 0.25) is 5.91 Å². The maximum atomic E-state index is 12.7. The van der Waals surface area contributed by atoms with E-state index in [1.54, 1.807) is 5.32 Å². The third kappa shape index (κ3) is 3.67. The summed E-state index contributed by atoms with van der Waals surface area (Å²) in [5.74, 6) is -5.16. The number of amides is 3. The minimum atomic E-state index is -1.60. The van der Waals surface area contributed by atoms with Crippen molar-refractivity contribution in [3.63, 3.8) is 0 Å². The first-order valence-electron chi connectivity index (χ1n) is 4.38. The summed E-state index contributed by atoms with van der Waals surface area (Å²) in [6.45, 7) is -0.437. The molecule has 0 aliphatic heterocycles. The van der Waals surface area contributed by atoms with Crippen molar-refractivity contribution in [3.8, 4) is 0 Å². The zero-order valence-electron chi connectivity index (χ0n) is 8.39. The molecule has 0 heterocycles. The van der Waals surface area contributed by atoms with E-state index in [0.717, 1.165) is 0 Å². The summed E-state index contributed by atoms with van der Waals surface area (Å²) in [5.41, 5.74) is 4.52. The fraction of sp³-hybridized carbons (Fsp3) is 0.111. The Hall–Kier alpha value is -2.25. The van der Waals surface area contributed by atoms with Crippen LogP contribution in [0.1, 0.15) is 0 Å². The lowest BCUT2D eigenvalue weighted by molar-refractivity contribution is -0.118. The number of carbonyl (C=O) groups is 2. The van der Waals surface area contributed by atoms with E-state index in [1.165, 1.54) is 0 Å². The van der Waals surface area contributed by atoms with E-state index in [4.69, 9.17) is 0 Å². The van der Waals surface area contributed by atoms with Crippen LogP contribution < -0.4 is 16.4 Å². The van der Waals surface area contributed by atoms with Crippen LogP contribution >= 0.6 is 0 Å². The van der Waals surface area contributed by atoms with E-state index in [1.807, 2.05) is 0 Å². The van der Waals surface area contributed by atoms with E-state index in [-0.39, 0.29) is 5.69 Å². The number of primary amides is 1. The first-order valence-corrected chi connectivity index (χ1v) is 4.38. The summed E-state index contributed by atoms with van der Waals surface area (Å²) in [4.78, 5) is 21.2. The summed E-state index contributed by atoms with van der Waals surface area (Å²) in [6, 6.07) is 0.305. The normalized spacial score (nSPS) is 9.82. The number of nitrogens with one attached hydrogen (secondary N) is 2. The largest absolute Gasteiger partial charge is 0.376 e. The Bertz CT molecular complexity index is 442. The number of benzene rings is 1. The van der Waals surface area contributed by atoms with Gasteiger partial charge in [-0.25, -0.2) is 18.0 Å². The van der Waals surface area contributed by atoms with Gasteiger partial charge in [0.15, 0.2) is 17.5 Å². The average molecular weight is 247 g/mol.